The monoisotopic (exact) mass is 236 g/mol. The first kappa shape index (κ1) is 12.9. The van der Waals surface area contributed by atoms with Gasteiger partial charge in [0, 0.05) is 19.6 Å². The van der Waals surface area contributed by atoms with Gasteiger partial charge >= 0.3 is 0 Å². The summed E-state index contributed by atoms with van der Waals surface area (Å²) in [5.74, 6) is 0.196. The van der Waals surface area contributed by atoms with Crippen molar-refractivity contribution in [1.29, 1.82) is 0 Å². The van der Waals surface area contributed by atoms with Gasteiger partial charge in [-0.15, -0.1) is 0 Å². The third-order valence-corrected chi connectivity index (χ3v) is 4.66. The average Bonchev–Trinajstić information content (AvgIpc) is 2.19. The summed E-state index contributed by atoms with van der Waals surface area (Å²) >= 11 is 0. The molecule has 0 unspecified atom stereocenters. The Kier molecular flexibility index (Phi) is 4.98. The van der Waals surface area contributed by atoms with Crippen molar-refractivity contribution in [3.63, 3.8) is 0 Å². The van der Waals surface area contributed by atoms with Crippen LogP contribution in [0.5, 0.6) is 0 Å². The molecule has 1 rings (SSSR count). The summed E-state index contributed by atoms with van der Waals surface area (Å²) in [4.78, 5) is 0. The van der Waals surface area contributed by atoms with Crippen LogP contribution in [-0.4, -0.2) is 57.3 Å². The van der Waals surface area contributed by atoms with Crippen molar-refractivity contribution < 1.29 is 13.2 Å². The van der Waals surface area contributed by atoms with Gasteiger partial charge in [0.25, 0.3) is 0 Å². The van der Waals surface area contributed by atoms with Crippen molar-refractivity contribution >= 4 is 9.84 Å². The lowest BCUT2D eigenvalue weighted by atomic mass is 10.5. The summed E-state index contributed by atoms with van der Waals surface area (Å²) in [6.45, 7) is 6.98. The Morgan fingerprint density at radius 1 is 1.33 bits per heavy atom. The van der Waals surface area contributed by atoms with E-state index in [2.05, 4.69) is 5.43 Å². The highest BCUT2D eigenvalue weighted by Crippen LogP contribution is 1.99. The number of rotatable bonds is 5. The van der Waals surface area contributed by atoms with Crippen molar-refractivity contribution in [3.05, 3.63) is 0 Å². The van der Waals surface area contributed by atoms with Gasteiger partial charge in [-0.1, -0.05) is 0 Å². The molecule has 1 saturated heterocycles. The highest BCUT2D eigenvalue weighted by atomic mass is 32.2. The Balaban J connectivity index is 2.20. The van der Waals surface area contributed by atoms with Gasteiger partial charge in [0.2, 0.25) is 0 Å². The summed E-state index contributed by atoms with van der Waals surface area (Å²) in [7, 11) is -2.92. The zero-order chi connectivity index (χ0) is 11.3. The van der Waals surface area contributed by atoms with Crippen LogP contribution < -0.4 is 5.43 Å². The van der Waals surface area contributed by atoms with Gasteiger partial charge < -0.3 is 4.74 Å². The Bertz CT molecular complexity index is 271. The molecule has 0 spiro atoms. The van der Waals surface area contributed by atoms with Crippen LogP contribution >= 0.6 is 0 Å². The molecule has 1 N–H and O–H groups in total. The van der Waals surface area contributed by atoms with Crippen LogP contribution in [-0.2, 0) is 14.6 Å². The fourth-order valence-corrected chi connectivity index (χ4v) is 2.15. The molecule has 1 heterocycles. The predicted molar refractivity (Wildman–Crippen MR) is 59.3 cm³/mol. The second-order valence-electron chi connectivity index (χ2n) is 3.92. The minimum atomic E-state index is -2.92. The number of morpholine rings is 1. The second kappa shape index (κ2) is 5.79. The molecule has 0 amide bonds. The zero-order valence-corrected chi connectivity index (χ0v) is 10.2. The normalized spacial score (nSPS) is 19.7. The molecule has 0 aromatic rings. The number of ether oxygens (including phenoxy) is 1. The van der Waals surface area contributed by atoms with Gasteiger partial charge in [-0.05, 0) is 13.8 Å². The lowest BCUT2D eigenvalue weighted by Crippen LogP contribution is -2.47. The van der Waals surface area contributed by atoms with Gasteiger partial charge in [-0.25, -0.2) is 13.4 Å². The Morgan fingerprint density at radius 2 is 1.93 bits per heavy atom. The fourth-order valence-electron chi connectivity index (χ4n) is 1.30. The Morgan fingerprint density at radius 3 is 2.47 bits per heavy atom. The molecule has 0 radical (unpaired) electrons. The molecule has 0 aromatic heterocycles. The van der Waals surface area contributed by atoms with E-state index in [0.717, 1.165) is 13.1 Å². The van der Waals surface area contributed by atoms with E-state index in [1.165, 1.54) is 0 Å². The van der Waals surface area contributed by atoms with Crippen molar-refractivity contribution in [2.45, 2.75) is 19.1 Å². The highest BCUT2D eigenvalue weighted by molar-refractivity contribution is 7.92. The van der Waals surface area contributed by atoms with Crippen LogP contribution in [0.1, 0.15) is 13.8 Å². The molecule has 1 aliphatic heterocycles. The van der Waals surface area contributed by atoms with Crippen molar-refractivity contribution in [2.24, 2.45) is 0 Å². The molecule has 0 saturated carbocycles. The number of hydrogen-bond acceptors (Lipinski definition) is 5. The molecular weight excluding hydrogens is 216 g/mol. The minimum Gasteiger partial charge on any atom is -0.379 e. The third kappa shape index (κ3) is 4.46. The van der Waals surface area contributed by atoms with E-state index >= 15 is 0 Å². The quantitative estimate of drug-likeness (QED) is 0.707. The molecule has 0 atom stereocenters. The van der Waals surface area contributed by atoms with E-state index in [0.29, 0.717) is 19.8 Å². The van der Waals surface area contributed by atoms with E-state index in [1.807, 2.05) is 5.01 Å². The van der Waals surface area contributed by atoms with E-state index < -0.39 is 9.84 Å². The molecule has 0 aliphatic carbocycles. The molecule has 5 nitrogen and oxygen atoms in total. The molecule has 6 heteroatoms. The fraction of sp³-hybridized carbons (Fsp3) is 1.00. The second-order valence-corrected chi connectivity index (χ2v) is 6.60. The lowest BCUT2D eigenvalue weighted by Gasteiger charge is -2.27. The first-order valence-electron chi connectivity index (χ1n) is 5.30. The van der Waals surface area contributed by atoms with Crippen LogP contribution in [0.2, 0.25) is 0 Å². The topological polar surface area (TPSA) is 58.6 Å². The van der Waals surface area contributed by atoms with Crippen molar-refractivity contribution in [2.75, 3.05) is 38.6 Å². The summed E-state index contributed by atoms with van der Waals surface area (Å²) in [5.41, 5.74) is 3.11. The molecular formula is C9H20N2O3S. The number of hydrazine groups is 1. The van der Waals surface area contributed by atoms with Gasteiger partial charge in [-0.3, -0.25) is 5.43 Å². The SMILES string of the molecule is CC(C)S(=O)(=O)CCNN1CCOCC1. The number of nitrogens with zero attached hydrogens (tertiary/aromatic N) is 1. The highest BCUT2D eigenvalue weighted by Gasteiger charge is 2.16. The maximum Gasteiger partial charge on any atom is 0.153 e. The maximum absolute atomic E-state index is 11.5. The van der Waals surface area contributed by atoms with Gasteiger partial charge in [0.15, 0.2) is 9.84 Å². The minimum absolute atomic E-state index is 0.196. The molecule has 0 bridgehead atoms. The van der Waals surface area contributed by atoms with E-state index in [4.69, 9.17) is 4.74 Å². The number of nitrogens with one attached hydrogen (secondary N) is 1. The Hall–Kier alpha value is -0.170. The summed E-state index contributed by atoms with van der Waals surface area (Å²) in [6.07, 6.45) is 0. The largest absolute Gasteiger partial charge is 0.379 e. The first-order chi connectivity index (χ1) is 7.02. The molecule has 0 aromatic carbocycles. The predicted octanol–water partition coefficient (Wildman–Crippen LogP) is -0.354. The van der Waals surface area contributed by atoms with Gasteiger partial charge in [-0.2, -0.15) is 0 Å². The van der Waals surface area contributed by atoms with Gasteiger partial charge in [0.1, 0.15) is 0 Å². The third-order valence-electron chi connectivity index (χ3n) is 2.45. The van der Waals surface area contributed by atoms with Gasteiger partial charge in [0.05, 0.1) is 24.2 Å². The van der Waals surface area contributed by atoms with E-state index in [9.17, 15) is 8.42 Å². The average molecular weight is 236 g/mol. The molecule has 90 valence electrons. The number of hydrogen-bond donors (Lipinski definition) is 1. The molecule has 15 heavy (non-hydrogen) atoms. The standard InChI is InChI=1S/C9H20N2O3S/c1-9(2)15(12,13)8-3-10-11-4-6-14-7-5-11/h9-10H,3-8H2,1-2H3. The maximum atomic E-state index is 11.5. The summed E-state index contributed by atoms with van der Waals surface area (Å²) < 4.78 is 28.2. The van der Waals surface area contributed by atoms with Crippen LogP contribution in [0.15, 0.2) is 0 Å². The van der Waals surface area contributed by atoms with Crippen LogP contribution in [0.25, 0.3) is 0 Å². The van der Waals surface area contributed by atoms with Crippen molar-refractivity contribution in [1.82, 2.24) is 10.4 Å². The lowest BCUT2D eigenvalue weighted by molar-refractivity contribution is 0.0133. The van der Waals surface area contributed by atoms with Crippen LogP contribution in [0.3, 0.4) is 0 Å². The first-order valence-corrected chi connectivity index (χ1v) is 7.01. The summed E-state index contributed by atoms with van der Waals surface area (Å²) in [5, 5.41) is 1.73. The number of sulfone groups is 1. The molecule has 1 fully saturated rings. The van der Waals surface area contributed by atoms with E-state index in [1.54, 1.807) is 13.8 Å². The summed E-state index contributed by atoms with van der Waals surface area (Å²) in [6, 6.07) is 0. The van der Waals surface area contributed by atoms with Crippen molar-refractivity contribution in [3.8, 4) is 0 Å². The zero-order valence-electron chi connectivity index (χ0n) is 9.40. The van der Waals surface area contributed by atoms with Crippen LogP contribution in [0.4, 0.5) is 0 Å². The van der Waals surface area contributed by atoms with E-state index in [-0.39, 0.29) is 11.0 Å². The molecule has 1 aliphatic rings. The smallest absolute Gasteiger partial charge is 0.153 e. The van der Waals surface area contributed by atoms with Crippen LogP contribution in [0, 0.1) is 0 Å². The Labute approximate surface area is 91.7 Å².